The Morgan fingerprint density at radius 2 is 2.28 bits per heavy atom. The van der Waals surface area contributed by atoms with E-state index in [1.165, 1.54) is 18.9 Å². The molecule has 3 unspecified atom stereocenters. The summed E-state index contributed by atoms with van der Waals surface area (Å²) >= 11 is 6.01. The number of nitriles is 1. The first kappa shape index (κ1) is 12.0. The van der Waals surface area contributed by atoms with Crippen LogP contribution >= 0.6 is 11.6 Å². The molecule has 3 atom stereocenters. The molecule has 0 aliphatic heterocycles. The average Bonchev–Trinajstić information content (AvgIpc) is 2.96. The van der Waals surface area contributed by atoms with Crippen molar-refractivity contribution in [1.29, 1.82) is 5.26 Å². The number of nitrogens with zero attached hydrogens (tertiary/aromatic N) is 1. The van der Waals surface area contributed by atoms with Crippen molar-refractivity contribution in [2.75, 3.05) is 0 Å². The molecule has 0 saturated heterocycles. The zero-order valence-corrected chi connectivity index (χ0v) is 10.9. The summed E-state index contributed by atoms with van der Waals surface area (Å²) in [7, 11) is 0. The summed E-state index contributed by atoms with van der Waals surface area (Å²) in [4.78, 5) is 0. The van der Waals surface area contributed by atoms with Crippen molar-refractivity contribution < 1.29 is 4.39 Å². The molecule has 2 aliphatic rings. The van der Waals surface area contributed by atoms with Gasteiger partial charge in [0.05, 0.1) is 16.5 Å². The zero-order chi connectivity index (χ0) is 12.8. The van der Waals surface area contributed by atoms with Crippen LogP contribution in [0.15, 0.2) is 18.2 Å². The predicted octanol–water partition coefficient (Wildman–Crippen LogP) is 4.35. The van der Waals surface area contributed by atoms with Gasteiger partial charge in [-0.2, -0.15) is 5.26 Å². The van der Waals surface area contributed by atoms with Gasteiger partial charge in [0.2, 0.25) is 0 Å². The summed E-state index contributed by atoms with van der Waals surface area (Å²) in [5.41, 5.74) is 0.478. The first-order valence-corrected chi connectivity index (χ1v) is 6.86. The van der Waals surface area contributed by atoms with Crippen LogP contribution < -0.4 is 0 Å². The van der Waals surface area contributed by atoms with Crippen LogP contribution in [0.4, 0.5) is 4.39 Å². The fourth-order valence-electron chi connectivity index (χ4n) is 3.86. The first-order chi connectivity index (χ1) is 8.64. The number of fused-ring (bicyclic) bond motifs is 2. The molecule has 0 aromatic heterocycles. The Hall–Kier alpha value is -1.07. The minimum absolute atomic E-state index is 0.190. The van der Waals surface area contributed by atoms with E-state index in [1.807, 2.05) is 6.07 Å². The minimum Gasteiger partial charge on any atom is -0.205 e. The molecule has 0 amide bonds. The summed E-state index contributed by atoms with van der Waals surface area (Å²) in [5.74, 6) is 0.791. The van der Waals surface area contributed by atoms with Crippen molar-refractivity contribution in [1.82, 2.24) is 0 Å². The van der Waals surface area contributed by atoms with Crippen LogP contribution in [0.25, 0.3) is 0 Å². The van der Waals surface area contributed by atoms with Crippen LogP contribution in [0.5, 0.6) is 0 Å². The van der Waals surface area contributed by atoms with Gasteiger partial charge in [-0.25, -0.2) is 4.39 Å². The SMILES string of the molecule is N#CC1(Cc2cccc(F)c2Cl)CC2CCC1C2. The number of halogens is 2. The molecule has 0 radical (unpaired) electrons. The van der Waals surface area contributed by atoms with Crippen LogP contribution in [0.3, 0.4) is 0 Å². The largest absolute Gasteiger partial charge is 0.205 e. The molecule has 1 aromatic carbocycles. The maximum atomic E-state index is 13.5. The van der Waals surface area contributed by atoms with Gasteiger partial charge in [-0.05, 0) is 49.1 Å². The normalized spacial score (nSPS) is 33.6. The number of hydrogen-bond acceptors (Lipinski definition) is 1. The van der Waals surface area contributed by atoms with E-state index in [9.17, 15) is 9.65 Å². The van der Waals surface area contributed by atoms with Crippen LogP contribution in [0.2, 0.25) is 5.02 Å². The van der Waals surface area contributed by atoms with E-state index < -0.39 is 0 Å². The zero-order valence-electron chi connectivity index (χ0n) is 10.1. The van der Waals surface area contributed by atoms with Gasteiger partial charge in [0.25, 0.3) is 0 Å². The van der Waals surface area contributed by atoms with Crippen molar-refractivity contribution >= 4 is 11.6 Å². The van der Waals surface area contributed by atoms with Gasteiger partial charge in [-0.3, -0.25) is 0 Å². The molecule has 2 bridgehead atoms. The van der Waals surface area contributed by atoms with Crippen molar-refractivity contribution in [2.24, 2.45) is 17.3 Å². The quantitative estimate of drug-likeness (QED) is 0.778. The molecule has 2 fully saturated rings. The molecule has 18 heavy (non-hydrogen) atoms. The van der Waals surface area contributed by atoms with E-state index in [0.29, 0.717) is 18.3 Å². The molecule has 0 N–H and O–H groups in total. The molecular formula is C15H15ClFN. The van der Waals surface area contributed by atoms with Crippen LogP contribution in [-0.4, -0.2) is 0 Å². The number of rotatable bonds is 2. The smallest absolute Gasteiger partial charge is 0.142 e. The van der Waals surface area contributed by atoms with Crippen LogP contribution in [0.1, 0.15) is 31.2 Å². The lowest BCUT2D eigenvalue weighted by atomic mass is 9.70. The first-order valence-electron chi connectivity index (χ1n) is 6.49. The van der Waals surface area contributed by atoms with Gasteiger partial charge in [0.1, 0.15) is 5.82 Å². The molecule has 0 spiro atoms. The third-order valence-corrected chi connectivity index (χ3v) is 5.16. The third kappa shape index (κ3) is 1.73. The van der Waals surface area contributed by atoms with Gasteiger partial charge < -0.3 is 0 Å². The number of benzene rings is 1. The van der Waals surface area contributed by atoms with E-state index >= 15 is 0 Å². The van der Waals surface area contributed by atoms with E-state index in [-0.39, 0.29) is 16.3 Å². The van der Waals surface area contributed by atoms with E-state index in [2.05, 4.69) is 6.07 Å². The Labute approximate surface area is 112 Å². The fourth-order valence-corrected chi connectivity index (χ4v) is 4.05. The summed E-state index contributed by atoms with van der Waals surface area (Å²) < 4.78 is 13.5. The summed E-state index contributed by atoms with van der Waals surface area (Å²) in [5, 5.41) is 9.76. The van der Waals surface area contributed by atoms with E-state index in [1.54, 1.807) is 6.07 Å². The highest BCUT2D eigenvalue weighted by atomic mass is 35.5. The Morgan fingerprint density at radius 3 is 2.89 bits per heavy atom. The summed E-state index contributed by atoms with van der Waals surface area (Å²) in [6.45, 7) is 0. The van der Waals surface area contributed by atoms with Crippen molar-refractivity contribution in [3.63, 3.8) is 0 Å². The molecule has 94 valence electrons. The Morgan fingerprint density at radius 1 is 1.44 bits per heavy atom. The van der Waals surface area contributed by atoms with Gasteiger partial charge in [0, 0.05) is 0 Å². The van der Waals surface area contributed by atoms with Crippen molar-refractivity contribution in [3.05, 3.63) is 34.6 Å². The lowest BCUT2D eigenvalue weighted by Gasteiger charge is -2.31. The monoisotopic (exact) mass is 263 g/mol. The van der Waals surface area contributed by atoms with Crippen molar-refractivity contribution in [2.45, 2.75) is 32.1 Å². The molecular weight excluding hydrogens is 249 g/mol. The summed E-state index contributed by atoms with van der Waals surface area (Å²) in [6.07, 6.45) is 5.12. The highest BCUT2D eigenvalue weighted by molar-refractivity contribution is 6.31. The lowest BCUT2D eigenvalue weighted by molar-refractivity contribution is 0.239. The minimum atomic E-state index is -0.384. The summed E-state index contributed by atoms with van der Waals surface area (Å²) in [6, 6.07) is 7.41. The molecule has 2 aliphatic carbocycles. The van der Waals surface area contributed by atoms with Gasteiger partial charge >= 0.3 is 0 Å². The van der Waals surface area contributed by atoms with Crippen molar-refractivity contribution in [3.8, 4) is 6.07 Å². The topological polar surface area (TPSA) is 23.8 Å². The van der Waals surface area contributed by atoms with Gasteiger partial charge in [-0.15, -0.1) is 0 Å². The molecule has 2 saturated carbocycles. The van der Waals surface area contributed by atoms with E-state index in [4.69, 9.17) is 11.6 Å². The molecule has 1 nitrogen and oxygen atoms in total. The fraction of sp³-hybridized carbons (Fsp3) is 0.533. The van der Waals surface area contributed by atoms with Crippen LogP contribution in [-0.2, 0) is 6.42 Å². The molecule has 3 rings (SSSR count). The Bertz CT molecular complexity index is 522. The third-order valence-electron chi connectivity index (χ3n) is 4.74. The highest BCUT2D eigenvalue weighted by Gasteiger charge is 2.51. The maximum Gasteiger partial charge on any atom is 0.142 e. The Balaban J connectivity index is 1.92. The van der Waals surface area contributed by atoms with Crippen LogP contribution in [0, 0.1) is 34.4 Å². The molecule has 3 heteroatoms. The molecule has 1 aromatic rings. The predicted molar refractivity (Wildman–Crippen MR) is 68.6 cm³/mol. The lowest BCUT2D eigenvalue weighted by Crippen LogP contribution is -2.28. The second kappa shape index (κ2) is 4.24. The van der Waals surface area contributed by atoms with E-state index in [0.717, 1.165) is 18.4 Å². The highest BCUT2D eigenvalue weighted by Crippen LogP contribution is 2.57. The molecule has 0 heterocycles. The maximum absolute atomic E-state index is 13.5. The second-order valence-electron chi connectivity index (χ2n) is 5.74. The average molecular weight is 264 g/mol. The van der Waals surface area contributed by atoms with Gasteiger partial charge in [-0.1, -0.05) is 30.2 Å². The number of hydrogen-bond donors (Lipinski definition) is 0. The standard InChI is InChI=1S/C15H15ClFN/c16-14-11(2-1-3-13(14)17)8-15(9-18)7-10-4-5-12(15)6-10/h1-3,10,12H,4-8H2. The Kier molecular flexibility index (Phi) is 2.83. The second-order valence-corrected chi connectivity index (χ2v) is 6.12. The van der Waals surface area contributed by atoms with Gasteiger partial charge in [0.15, 0.2) is 0 Å².